The molecular formula is C16H17N5O4. The topological polar surface area (TPSA) is 122 Å². The van der Waals surface area contributed by atoms with Gasteiger partial charge in [-0.3, -0.25) is 14.3 Å². The standard InChI is InChI=1S/C16H17N5O4/c1-20-11-12(21(2)16(25)19-13(11)22)18-15(20)17-10(14(23)24)8-9-6-4-3-5-7-9/h3-7,10H,8H2,1-2H3,(H,17,18)(H,23,24)(H,19,22,25)/t10-/m0/s1. The van der Waals surface area contributed by atoms with E-state index in [0.717, 1.165) is 5.56 Å². The number of aromatic nitrogens is 4. The van der Waals surface area contributed by atoms with Crippen LogP contribution in [0.3, 0.4) is 0 Å². The second-order valence-corrected chi connectivity index (χ2v) is 5.71. The average Bonchev–Trinajstić information content (AvgIpc) is 2.90. The van der Waals surface area contributed by atoms with Crippen LogP contribution in [0.15, 0.2) is 39.9 Å². The summed E-state index contributed by atoms with van der Waals surface area (Å²) in [5.74, 6) is -0.844. The van der Waals surface area contributed by atoms with E-state index in [1.807, 2.05) is 30.3 Å². The maximum atomic E-state index is 12.0. The van der Waals surface area contributed by atoms with Crippen LogP contribution in [0.4, 0.5) is 5.95 Å². The lowest BCUT2D eigenvalue weighted by Gasteiger charge is -2.15. The van der Waals surface area contributed by atoms with Gasteiger partial charge < -0.3 is 15.0 Å². The molecule has 0 fully saturated rings. The Morgan fingerprint density at radius 3 is 2.56 bits per heavy atom. The number of hydrogen-bond acceptors (Lipinski definition) is 5. The zero-order valence-corrected chi connectivity index (χ0v) is 13.7. The minimum atomic E-state index is -1.04. The smallest absolute Gasteiger partial charge is 0.329 e. The van der Waals surface area contributed by atoms with Crippen molar-refractivity contribution in [3.63, 3.8) is 0 Å². The number of nitrogens with zero attached hydrogens (tertiary/aromatic N) is 3. The molecule has 0 saturated carbocycles. The quantitative estimate of drug-likeness (QED) is 0.602. The molecule has 1 atom stereocenters. The van der Waals surface area contributed by atoms with E-state index in [-0.39, 0.29) is 23.5 Å². The Kier molecular flexibility index (Phi) is 4.14. The zero-order valence-electron chi connectivity index (χ0n) is 13.7. The van der Waals surface area contributed by atoms with E-state index in [9.17, 15) is 19.5 Å². The summed E-state index contributed by atoms with van der Waals surface area (Å²) in [6.07, 6.45) is 0.245. The third-order valence-corrected chi connectivity index (χ3v) is 4.02. The Hall–Kier alpha value is -3.36. The molecule has 0 aliphatic carbocycles. The Morgan fingerprint density at radius 2 is 1.92 bits per heavy atom. The van der Waals surface area contributed by atoms with Crippen molar-refractivity contribution in [2.45, 2.75) is 12.5 Å². The Bertz CT molecular complexity index is 1050. The van der Waals surface area contributed by atoms with Gasteiger partial charge in [-0.1, -0.05) is 30.3 Å². The molecule has 9 nitrogen and oxygen atoms in total. The summed E-state index contributed by atoms with van der Waals surface area (Å²) in [6, 6.07) is 8.25. The third-order valence-electron chi connectivity index (χ3n) is 4.02. The number of rotatable bonds is 5. The molecule has 0 saturated heterocycles. The molecule has 3 N–H and O–H groups in total. The number of H-pyrrole nitrogens is 1. The Labute approximate surface area is 141 Å². The predicted octanol–water partition coefficient (Wildman–Crippen LogP) is 0.0681. The molecule has 0 amide bonds. The average molecular weight is 343 g/mol. The van der Waals surface area contributed by atoms with Gasteiger partial charge in [0.25, 0.3) is 5.56 Å². The van der Waals surface area contributed by atoms with E-state index < -0.39 is 23.3 Å². The number of benzene rings is 1. The van der Waals surface area contributed by atoms with Crippen LogP contribution in [0.25, 0.3) is 11.2 Å². The fourth-order valence-electron chi connectivity index (χ4n) is 2.64. The summed E-state index contributed by atoms with van der Waals surface area (Å²) in [5.41, 5.74) is 0.0692. The highest BCUT2D eigenvalue weighted by Gasteiger charge is 2.22. The van der Waals surface area contributed by atoms with Gasteiger partial charge in [0.15, 0.2) is 11.2 Å². The number of nitrogens with one attached hydrogen (secondary N) is 2. The van der Waals surface area contributed by atoms with Crippen molar-refractivity contribution in [2.75, 3.05) is 5.32 Å². The lowest BCUT2D eigenvalue weighted by Crippen LogP contribution is -2.32. The predicted molar refractivity (Wildman–Crippen MR) is 91.8 cm³/mol. The lowest BCUT2D eigenvalue weighted by molar-refractivity contribution is -0.137. The first-order valence-corrected chi connectivity index (χ1v) is 7.57. The van der Waals surface area contributed by atoms with E-state index in [1.54, 1.807) is 7.05 Å². The van der Waals surface area contributed by atoms with Crippen LogP contribution in [0, 0.1) is 0 Å². The lowest BCUT2D eigenvalue weighted by atomic mass is 10.1. The monoisotopic (exact) mass is 343 g/mol. The molecule has 130 valence electrons. The molecule has 1 aromatic carbocycles. The van der Waals surface area contributed by atoms with Gasteiger partial charge in [0.05, 0.1) is 0 Å². The molecule has 9 heteroatoms. The third kappa shape index (κ3) is 3.03. The molecule has 0 radical (unpaired) electrons. The van der Waals surface area contributed by atoms with Crippen molar-refractivity contribution in [1.29, 1.82) is 0 Å². The summed E-state index contributed by atoms with van der Waals surface area (Å²) >= 11 is 0. The van der Waals surface area contributed by atoms with E-state index >= 15 is 0 Å². The molecule has 3 aromatic rings. The first-order chi connectivity index (χ1) is 11.9. The molecule has 25 heavy (non-hydrogen) atoms. The molecule has 3 rings (SSSR count). The Morgan fingerprint density at radius 1 is 1.24 bits per heavy atom. The largest absolute Gasteiger partial charge is 0.480 e. The number of carboxylic acids is 1. The molecule has 0 aliphatic rings. The minimum absolute atomic E-state index is 0.183. The fourth-order valence-corrected chi connectivity index (χ4v) is 2.64. The van der Waals surface area contributed by atoms with Gasteiger partial charge in [0.1, 0.15) is 6.04 Å². The van der Waals surface area contributed by atoms with Gasteiger partial charge >= 0.3 is 11.7 Å². The molecule has 0 spiro atoms. The van der Waals surface area contributed by atoms with Crippen molar-refractivity contribution in [3.05, 3.63) is 56.7 Å². The minimum Gasteiger partial charge on any atom is -0.480 e. The highest BCUT2D eigenvalue weighted by atomic mass is 16.4. The second-order valence-electron chi connectivity index (χ2n) is 5.71. The molecule has 2 heterocycles. The van der Waals surface area contributed by atoms with Gasteiger partial charge in [-0.25, -0.2) is 9.59 Å². The van der Waals surface area contributed by atoms with Crippen LogP contribution in [-0.4, -0.2) is 36.2 Å². The number of aryl methyl sites for hydroxylation is 2. The van der Waals surface area contributed by atoms with Gasteiger partial charge in [-0.2, -0.15) is 4.98 Å². The van der Waals surface area contributed by atoms with Crippen LogP contribution >= 0.6 is 0 Å². The van der Waals surface area contributed by atoms with Gasteiger partial charge in [0, 0.05) is 20.5 Å². The zero-order chi connectivity index (χ0) is 18.1. The van der Waals surface area contributed by atoms with Gasteiger partial charge in [-0.15, -0.1) is 0 Å². The van der Waals surface area contributed by atoms with Crippen LogP contribution < -0.4 is 16.6 Å². The molecule has 0 unspecified atom stereocenters. The van der Waals surface area contributed by atoms with Crippen molar-refractivity contribution in [3.8, 4) is 0 Å². The maximum absolute atomic E-state index is 12.0. The van der Waals surface area contributed by atoms with Crippen LogP contribution in [0.2, 0.25) is 0 Å². The van der Waals surface area contributed by atoms with Crippen molar-refractivity contribution >= 4 is 23.1 Å². The van der Waals surface area contributed by atoms with Crippen LogP contribution in [0.5, 0.6) is 0 Å². The van der Waals surface area contributed by atoms with Crippen molar-refractivity contribution < 1.29 is 9.90 Å². The maximum Gasteiger partial charge on any atom is 0.329 e. The number of fused-ring (bicyclic) bond motifs is 1. The molecule has 2 aromatic heterocycles. The number of aromatic amines is 1. The van der Waals surface area contributed by atoms with E-state index in [4.69, 9.17) is 0 Å². The highest BCUT2D eigenvalue weighted by molar-refractivity contribution is 5.79. The molecule has 0 aliphatic heterocycles. The van der Waals surface area contributed by atoms with Crippen molar-refractivity contribution in [2.24, 2.45) is 14.1 Å². The highest BCUT2D eigenvalue weighted by Crippen LogP contribution is 2.15. The van der Waals surface area contributed by atoms with E-state index in [0.29, 0.717) is 0 Å². The summed E-state index contributed by atoms with van der Waals surface area (Å²) in [5, 5.41) is 12.3. The number of carbonyl (C=O) groups is 1. The van der Waals surface area contributed by atoms with Gasteiger partial charge in [-0.05, 0) is 5.56 Å². The first kappa shape index (κ1) is 16.5. The fraction of sp³-hybridized carbons (Fsp3) is 0.250. The first-order valence-electron chi connectivity index (χ1n) is 7.57. The number of carboxylic acid groups (broad SMARTS) is 1. The molecule has 0 bridgehead atoms. The number of aliphatic carboxylic acids is 1. The summed E-state index contributed by atoms with van der Waals surface area (Å²) in [4.78, 5) is 41.7. The SMILES string of the molecule is Cn1c(N[C@@H](Cc2ccccc2)C(=O)O)nc2c1c(=O)[nH]c(=O)n2C. The molecular weight excluding hydrogens is 326 g/mol. The summed E-state index contributed by atoms with van der Waals surface area (Å²) < 4.78 is 2.64. The normalized spacial score (nSPS) is 12.2. The van der Waals surface area contributed by atoms with Crippen LogP contribution in [-0.2, 0) is 25.3 Å². The number of imidazole rings is 1. The number of anilines is 1. The van der Waals surface area contributed by atoms with Crippen molar-refractivity contribution in [1.82, 2.24) is 19.1 Å². The Balaban J connectivity index is 2.01. The van der Waals surface area contributed by atoms with Crippen LogP contribution in [0.1, 0.15) is 5.56 Å². The second kappa shape index (κ2) is 6.27. The van der Waals surface area contributed by atoms with E-state index in [2.05, 4.69) is 15.3 Å². The summed E-state index contributed by atoms with van der Waals surface area (Å²) in [7, 11) is 3.06. The van der Waals surface area contributed by atoms with Gasteiger partial charge in [0.2, 0.25) is 5.95 Å². The number of hydrogen-bond donors (Lipinski definition) is 3. The van der Waals surface area contributed by atoms with E-state index in [1.165, 1.54) is 16.2 Å². The summed E-state index contributed by atoms with van der Waals surface area (Å²) in [6.45, 7) is 0.